The van der Waals surface area contributed by atoms with E-state index < -0.39 is 0 Å². The monoisotopic (exact) mass is 317 g/mol. The second kappa shape index (κ2) is 7.01. The van der Waals surface area contributed by atoms with Crippen molar-refractivity contribution in [3.63, 3.8) is 0 Å². The molecule has 0 bridgehead atoms. The number of nitrogens with one attached hydrogen (secondary N) is 1. The summed E-state index contributed by atoms with van der Waals surface area (Å²) in [5.74, 6) is 0.0131. The maximum Gasteiger partial charge on any atom is 0.240 e. The Morgan fingerprint density at radius 3 is 2.59 bits per heavy atom. The number of aromatic nitrogens is 2. The molecule has 0 aliphatic rings. The average Bonchev–Trinajstić information content (AvgIpc) is 2.90. The van der Waals surface area contributed by atoms with Gasteiger partial charge in [0.15, 0.2) is 5.16 Å². The van der Waals surface area contributed by atoms with E-state index in [0.717, 1.165) is 22.8 Å². The molecule has 1 amide bonds. The smallest absolute Gasteiger partial charge is 0.240 e. The standard InChI is InChI=1S/C17H23N3OS/c1-5-17(2,3)19-15(21)12-20-11-14(18-16(20)22-4)13-9-7-6-8-10-13/h6-11H,5,12H2,1-4H3,(H,19,21). The zero-order valence-electron chi connectivity index (χ0n) is 13.6. The van der Waals surface area contributed by atoms with Crippen LogP contribution in [-0.2, 0) is 11.3 Å². The second-order valence-corrected chi connectivity index (χ2v) is 6.67. The molecule has 1 aromatic carbocycles. The van der Waals surface area contributed by atoms with Gasteiger partial charge in [-0.1, -0.05) is 49.0 Å². The lowest BCUT2D eigenvalue weighted by atomic mass is 10.0. The van der Waals surface area contributed by atoms with Crippen LogP contribution in [0.3, 0.4) is 0 Å². The van der Waals surface area contributed by atoms with Crippen LogP contribution in [-0.4, -0.2) is 27.3 Å². The van der Waals surface area contributed by atoms with E-state index in [4.69, 9.17) is 0 Å². The molecular formula is C17H23N3OS. The van der Waals surface area contributed by atoms with Crippen molar-refractivity contribution >= 4 is 17.7 Å². The lowest BCUT2D eigenvalue weighted by Gasteiger charge is -2.24. The molecule has 2 rings (SSSR count). The SMILES string of the molecule is CCC(C)(C)NC(=O)Cn1cc(-c2ccccc2)nc1SC. The number of carbonyl (C=O) groups excluding carboxylic acids is 1. The molecule has 1 heterocycles. The Morgan fingerprint density at radius 1 is 1.32 bits per heavy atom. The Kier molecular flexibility index (Phi) is 5.29. The topological polar surface area (TPSA) is 46.9 Å². The summed E-state index contributed by atoms with van der Waals surface area (Å²) in [6, 6.07) is 10.0. The first-order valence-corrected chi connectivity index (χ1v) is 8.65. The van der Waals surface area contributed by atoms with Gasteiger partial charge >= 0.3 is 0 Å². The van der Waals surface area contributed by atoms with E-state index in [1.165, 1.54) is 0 Å². The summed E-state index contributed by atoms with van der Waals surface area (Å²) in [5, 5.41) is 3.91. The molecule has 0 saturated carbocycles. The number of carbonyl (C=O) groups is 1. The highest BCUT2D eigenvalue weighted by atomic mass is 32.2. The molecule has 4 nitrogen and oxygen atoms in total. The number of nitrogens with zero attached hydrogens (tertiary/aromatic N) is 2. The Morgan fingerprint density at radius 2 is 2.00 bits per heavy atom. The lowest BCUT2D eigenvalue weighted by molar-refractivity contribution is -0.123. The van der Waals surface area contributed by atoms with Gasteiger partial charge in [0.2, 0.25) is 5.91 Å². The molecule has 0 fully saturated rings. The van der Waals surface area contributed by atoms with Gasteiger partial charge in [-0.3, -0.25) is 4.79 Å². The highest BCUT2D eigenvalue weighted by Gasteiger charge is 2.19. The van der Waals surface area contributed by atoms with Crippen molar-refractivity contribution in [1.82, 2.24) is 14.9 Å². The zero-order valence-corrected chi connectivity index (χ0v) is 14.4. The van der Waals surface area contributed by atoms with Crippen LogP contribution in [0.1, 0.15) is 27.2 Å². The summed E-state index contributed by atoms with van der Waals surface area (Å²) in [6.07, 6.45) is 4.81. The molecule has 0 saturated heterocycles. The number of thioether (sulfide) groups is 1. The lowest BCUT2D eigenvalue weighted by Crippen LogP contribution is -2.44. The van der Waals surface area contributed by atoms with Gasteiger partial charge in [-0.05, 0) is 26.5 Å². The minimum absolute atomic E-state index is 0.0131. The van der Waals surface area contributed by atoms with Gasteiger partial charge in [0.25, 0.3) is 0 Å². The molecule has 0 aliphatic carbocycles. The maximum atomic E-state index is 12.2. The van der Waals surface area contributed by atoms with Crippen molar-refractivity contribution in [3.05, 3.63) is 36.5 Å². The fraction of sp³-hybridized carbons (Fsp3) is 0.412. The highest BCUT2D eigenvalue weighted by Crippen LogP contribution is 2.22. The van der Waals surface area contributed by atoms with Gasteiger partial charge in [0.1, 0.15) is 6.54 Å². The van der Waals surface area contributed by atoms with Gasteiger partial charge in [-0.25, -0.2) is 4.98 Å². The molecule has 5 heteroatoms. The third-order valence-corrected chi connectivity index (χ3v) is 4.36. The Hall–Kier alpha value is -1.75. The molecule has 22 heavy (non-hydrogen) atoms. The van der Waals surface area contributed by atoms with Crippen molar-refractivity contribution in [1.29, 1.82) is 0 Å². The number of hydrogen-bond donors (Lipinski definition) is 1. The number of imidazole rings is 1. The molecule has 1 N–H and O–H groups in total. The Balaban J connectivity index is 2.18. The second-order valence-electron chi connectivity index (χ2n) is 5.89. The van der Waals surface area contributed by atoms with E-state index >= 15 is 0 Å². The summed E-state index contributed by atoms with van der Waals surface area (Å²) in [4.78, 5) is 16.8. The van der Waals surface area contributed by atoms with Crippen molar-refractivity contribution in [2.24, 2.45) is 0 Å². The third-order valence-electron chi connectivity index (χ3n) is 3.67. The van der Waals surface area contributed by atoms with Crippen LogP contribution in [0.2, 0.25) is 0 Å². The molecular weight excluding hydrogens is 294 g/mol. The average molecular weight is 317 g/mol. The minimum atomic E-state index is -0.181. The predicted octanol–water partition coefficient (Wildman–Crippen LogP) is 3.58. The van der Waals surface area contributed by atoms with Gasteiger partial charge in [0.05, 0.1) is 5.69 Å². The number of rotatable bonds is 6. The van der Waals surface area contributed by atoms with Crippen molar-refractivity contribution in [2.45, 2.75) is 44.4 Å². The zero-order chi connectivity index (χ0) is 16.2. The molecule has 0 unspecified atom stereocenters. The fourth-order valence-corrected chi connectivity index (χ4v) is 2.62. The summed E-state index contributed by atoms with van der Waals surface area (Å²) >= 11 is 1.55. The highest BCUT2D eigenvalue weighted by molar-refractivity contribution is 7.98. The van der Waals surface area contributed by atoms with Gasteiger partial charge in [-0.2, -0.15) is 0 Å². The molecule has 0 spiro atoms. The van der Waals surface area contributed by atoms with Crippen LogP contribution in [0, 0.1) is 0 Å². The predicted molar refractivity (Wildman–Crippen MR) is 92.0 cm³/mol. The molecule has 0 radical (unpaired) electrons. The summed E-state index contributed by atoms with van der Waals surface area (Å²) in [7, 11) is 0. The molecule has 118 valence electrons. The molecule has 0 aliphatic heterocycles. The Bertz CT molecular complexity index is 635. The fourth-order valence-electron chi connectivity index (χ4n) is 2.08. The number of amides is 1. The van der Waals surface area contributed by atoms with E-state index in [-0.39, 0.29) is 11.4 Å². The molecule has 1 aromatic heterocycles. The van der Waals surface area contributed by atoms with Crippen molar-refractivity contribution in [2.75, 3.05) is 6.26 Å². The van der Waals surface area contributed by atoms with E-state index in [1.54, 1.807) is 11.8 Å². The van der Waals surface area contributed by atoms with Crippen LogP contribution >= 0.6 is 11.8 Å². The van der Waals surface area contributed by atoms with Gasteiger partial charge in [-0.15, -0.1) is 0 Å². The van der Waals surface area contributed by atoms with Crippen molar-refractivity contribution < 1.29 is 4.79 Å². The van der Waals surface area contributed by atoms with E-state index in [9.17, 15) is 4.79 Å². The quantitative estimate of drug-likeness (QED) is 0.828. The summed E-state index contributed by atoms with van der Waals surface area (Å²) in [6.45, 7) is 6.42. The molecule has 0 atom stereocenters. The van der Waals surface area contributed by atoms with Gasteiger partial charge < -0.3 is 9.88 Å². The first-order chi connectivity index (χ1) is 10.4. The first-order valence-electron chi connectivity index (χ1n) is 7.43. The number of hydrogen-bond acceptors (Lipinski definition) is 3. The molecule has 2 aromatic rings. The Labute approximate surface area is 136 Å². The van der Waals surface area contributed by atoms with Crippen LogP contribution in [0.25, 0.3) is 11.3 Å². The van der Waals surface area contributed by atoms with Gasteiger partial charge in [0, 0.05) is 17.3 Å². The third kappa shape index (κ3) is 4.13. The van der Waals surface area contributed by atoms with Crippen molar-refractivity contribution in [3.8, 4) is 11.3 Å². The van der Waals surface area contributed by atoms with E-state index in [2.05, 4.69) is 17.2 Å². The minimum Gasteiger partial charge on any atom is -0.350 e. The first kappa shape index (κ1) is 16.6. The summed E-state index contributed by atoms with van der Waals surface area (Å²) in [5.41, 5.74) is 1.78. The van der Waals surface area contributed by atoms with Crippen LogP contribution < -0.4 is 5.32 Å². The van der Waals surface area contributed by atoms with E-state index in [0.29, 0.717) is 6.54 Å². The van der Waals surface area contributed by atoms with Crippen LogP contribution in [0.15, 0.2) is 41.7 Å². The largest absolute Gasteiger partial charge is 0.350 e. The summed E-state index contributed by atoms with van der Waals surface area (Å²) < 4.78 is 1.91. The van der Waals surface area contributed by atoms with Crippen LogP contribution in [0.5, 0.6) is 0 Å². The van der Waals surface area contributed by atoms with E-state index in [1.807, 2.05) is 61.2 Å². The normalized spacial score (nSPS) is 11.5. The number of benzene rings is 1. The van der Waals surface area contributed by atoms with Crippen LogP contribution in [0.4, 0.5) is 0 Å². The maximum absolute atomic E-state index is 12.2.